The molecule has 6 rings (SSSR count). The van der Waals surface area contributed by atoms with Gasteiger partial charge in [0.15, 0.2) is 5.82 Å². The first-order valence-electron chi connectivity index (χ1n) is 11.4. The quantitative estimate of drug-likeness (QED) is 0.663. The normalized spacial score (nSPS) is 25.9. The maximum atomic E-state index is 4.83. The Bertz CT molecular complexity index is 1050. The fourth-order valence-electron chi connectivity index (χ4n) is 5.27. The van der Waals surface area contributed by atoms with E-state index in [2.05, 4.69) is 34.8 Å². The molecule has 3 saturated heterocycles. The molecule has 0 spiro atoms. The third-order valence-electron chi connectivity index (χ3n) is 6.75. The van der Waals surface area contributed by atoms with Gasteiger partial charge in [0.25, 0.3) is 0 Å². The summed E-state index contributed by atoms with van der Waals surface area (Å²) in [6.07, 6.45) is 14.4. The first-order chi connectivity index (χ1) is 15.2. The highest BCUT2D eigenvalue weighted by molar-refractivity contribution is 5.71. The van der Waals surface area contributed by atoms with Crippen LogP contribution in [0.1, 0.15) is 31.2 Å². The number of imidazole rings is 1. The number of anilines is 3. The molecule has 9 heteroatoms. The van der Waals surface area contributed by atoms with Gasteiger partial charge in [-0.1, -0.05) is 0 Å². The van der Waals surface area contributed by atoms with Gasteiger partial charge in [-0.2, -0.15) is 0 Å². The van der Waals surface area contributed by atoms with E-state index in [1.807, 2.05) is 37.9 Å². The standard InChI is InChI=1S/C22H29N9/c1-15-9-24-21(25-10-15)28-16-3-2-7-29(12-16)22-26-11-19-20(23-6-8-31(19)22)30-13-17-4-5-18(14-30)27-17/h6,8-11,16-18,27H,2-5,7,12-14H2,1H3,(H,24,25,28)/t16-,17?,18?/m1/s1. The molecule has 3 aromatic heterocycles. The molecule has 2 N–H and O–H groups in total. The summed E-state index contributed by atoms with van der Waals surface area (Å²) in [5, 5.41) is 7.20. The van der Waals surface area contributed by atoms with Crippen molar-refractivity contribution < 1.29 is 0 Å². The molecule has 2 unspecified atom stereocenters. The number of rotatable bonds is 4. The summed E-state index contributed by atoms with van der Waals surface area (Å²) >= 11 is 0. The molecule has 162 valence electrons. The van der Waals surface area contributed by atoms with E-state index in [0.29, 0.717) is 24.1 Å². The molecule has 3 atom stereocenters. The second-order valence-corrected chi connectivity index (χ2v) is 9.12. The van der Waals surface area contributed by atoms with Crippen LogP contribution >= 0.6 is 0 Å². The van der Waals surface area contributed by atoms with E-state index in [-0.39, 0.29) is 0 Å². The van der Waals surface area contributed by atoms with E-state index in [1.165, 1.54) is 12.8 Å². The van der Waals surface area contributed by atoms with Crippen molar-refractivity contribution >= 4 is 23.2 Å². The van der Waals surface area contributed by atoms with Gasteiger partial charge in [-0.05, 0) is 38.2 Å². The van der Waals surface area contributed by atoms with Gasteiger partial charge in [-0.25, -0.2) is 19.9 Å². The van der Waals surface area contributed by atoms with E-state index in [0.717, 1.165) is 61.9 Å². The smallest absolute Gasteiger partial charge is 0.222 e. The van der Waals surface area contributed by atoms with Crippen LogP contribution in [0.3, 0.4) is 0 Å². The second kappa shape index (κ2) is 7.64. The maximum absolute atomic E-state index is 4.83. The predicted octanol–water partition coefficient (Wildman–Crippen LogP) is 1.85. The number of nitrogens with one attached hydrogen (secondary N) is 2. The number of nitrogens with zero attached hydrogens (tertiary/aromatic N) is 7. The second-order valence-electron chi connectivity index (χ2n) is 9.12. The van der Waals surface area contributed by atoms with Crippen molar-refractivity contribution in [3.63, 3.8) is 0 Å². The lowest BCUT2D eigenvalue weighted by Gasteiger charge is -2.34. The Morgan fingerprint density at radius 1 is 0.935 bits per heavy atom. The molecule has 0 aromatic carbocycles. The SMILES string of the molecule is Cc1cnc(N[C@@H]2CCCN(c3ncc4c(N5CC6CCC(C5)N6)nccn34)C2)nc1. The van der Waals surface area contributed by atoms with Crippen LogP contribution in [0.5, 0.6) is 0 Å². The van der Waals surface area contributed by atoms with Crippen LogP contribution < -0.4 is 20.4 Å². The van der Waals surface area contributed by atoms with Gasteiger partial charge in [0.1, 0.15) is 5.52 Å². The van der Waals surface area contributed by atoms with Crippen molar-refractivity contribution in [2.75, 3.05) is 41.3 Å². The Balaban J connectivity index is 1.23. The van der Waals surface area contributed by atoms with Crippen molar-refractivity contribution in [2.45, 2.75) is 50.7 Å². The van der Waals surface area contributed by atoms with E-state index < -0.39 is 0 Å². The van der Waals surface area contributed by atoms with E-state index in [9.17, 15) is 0 Å². The minimum absolute atomic E-state index is 0.300. The van der Waals surface area contributed by atoms with Crippen molar-refractivity contribution in [3.05, 3.63) is 36.5 Å². The Kier molecular flexibility index (Phi) is 4.63. The third kappa shape index (κ3) is 3.56. The van der Waals surface area contributed by atoms with Crippen LogP contribution in [-0.2, 0) is 0 Å². The van der Waals surface area contributed by atoms with Crippen LogP contribution in [0.4, 0.5) is 17.7 Å². The van der Waals surface area contributed by atoms with Crippen molar-refractivity contribution in [3.8, 4) is 0 Å². The monoisotopic (exact) mass is 419 g/mol. The largest absolute Gasteiger partial charge is 0.352 e. The zero-order valence-electron chi connectivity index (χ0n) is 17.9. The predicted molar refractivity (Wildman–Crippen MR) is 121 cm³/mol. The van der Waals surface area contributed by atoms with Crippen molar-refractivity contribution in [1.82, 2.24) is 29.7 Å². The molecule has 31 heavy (non-hydrogen) atoms. The maximum Gasteiger partial charge on any atom is 0.222 e. The number of fused-ring (bicyclic) bond motifs is 3. The number of hydrogen-bond donors (Lipinski definition) is 2. The highest BCUT2D eigenvalue weighted by Gasteiger charge is 2.33. The van der Waals surface area contributed by atoms with Gasteiger partial charge in [0.2, 0.25) is 11.9 Å². The summed E-state index contributed by atoms with van der Waals surface area (Å²) in [7, 11) is 0. The van der Waals surface area contributed by atoms with E-state index >= 15 is 0 Å². The van der Waals surface area contributed by atoms with Gasteiger partial charge in [-0.3, -0.25) is 4.40 Å². The number of piperidine rings is 1. The molecule has 2 bridgehead atoms. The lowest BCUT2D eigenvalue weighted by atomic mass is 10.1. The minimum Gasteiger partial charge on any atom is -0.352 e. The third-order valence-corrected chi connectivity index (χ3v) is 6.75. The summed E-state index contributed by atoms with van der Waals surface area (Å²) in [5.41, 5.74) is 2.16. The van der Waals surface area contributed by atoms with E-state index in [1.54, 1.807) is 0 Å². The molecule has 9 nitrogen and oxygen atoms in total. The summed E-state index contributed by atoms with van der Waals surface area (Å²) in [6.45, 7) is 5.93. The van der Waals surface area contributed by atoms with Crippen LogP contribution in [0.2, 0.25) is 0 Å². The minimum atomic E-state index is 0.300. The summed E-state index contributed by atoms with van der Waals surface area (Å²) in [5.74, 6) is 2.75. The molecular formula is C22H29N9. The molecule has 3 aliphatic rings. The zero-order chi connectivity index (χ0) is 20.8. The zero-order valence-corrected chi connectivity index (χ0v) is 17.9. The van der Waals surface area contributed by atoms with Gasteiger partial charge in [0, 0.05) is 69.1 Å². The molecule has 3 fully saturated rings. The number of aromatic nitrogens is 5. The van der Waals surface area contributed by atoms with Gasteiger partial charge >= 0.3 is 0 Å². The lowest BCUT2D eigenvalue weighted by Crippen LogP contribution is -2.51. The molecular weight excluding hydrogens is 390 g/mol. The van der Waals surface area contributed by atoms with Gasteiger partial charge in [-0.15, -0.1) is 0 Å². The van der Waals surface area contributed by atoms with Gasteiger partial charge in [0.05, 0.1) is 6.20 Å². The topological polar surface area (TPSA) is 86.5 Å². The van der Waals surface area contributed by atoms with Crippen LogP contribution in [0.25, 0.3) is 5.52 Å². The Hall–Kier alpha value is -2.94. The summed E-state index contributed by atoms with van der Waals surface area (Å²) in [6, 6.07) is 1.47. The lowest BCUT2D eigenvalue weighted by molar-refractivity contribution is 0.464. The van der Waals surface area contributed by atoms with Crippen molar-refractivity contribution in [1.29, 1.82) is 0 Å². The van der Waals surface area contributed by atoms with Crippen LogP contribution in [0, 0.1) is 6.92 Å². The molecule has 0 aliphatic carbocycles. The molecule has 0 radical (unpaired) electrons. The highest BCUT2D eigenvalue weighted by Crippen LogP contribution is 2.29. The first kappa shape index (κ1) is 18.8. The molecule has 0 amide bonds. The highest BCUT2D eigenvalue weighted by atomic mass is 15.3. The summed E-state index contributed by atoms with van der Waals surface area (Å²) < 4.78 is 2.21. The Labute approximate surface area is 181 Å². The Morgan fingerprint density at radius 2 is 1.74 bits per heavy atom. The molecule has 6 heterocycles. The molecule has 3 aromatic rings. The van der Waals surface area contributed by atoms with Crippen LogP contribution in [0.15, 0.2) is 31.0 Å². The number of aryl methyl sites for hydroxylation is 1. The Morgan fingerprint density at radius 3 is 2.55 bits per heavy atom. The van der Waals surface area contributed by atoms with Gasteiger partial charge < -0.3 is 20.4 Å². The fraction of sp³-hybridized carbons (Fsp3) is 0.545. The van der Waals surface area contributed by atoms with Crippen molar-refractivity contribution in [2.24, 2.45) is 0 Å². The first-order valence-corrected chi connectivity index (χ1v) is 11.4. The average Bonchev–Trinajstić information content (AvgIpc) is 3.38. The fourth-order valence-corrected chi connectivity index (χ4v) is 5.27. The van der Waals surface area contributed by atoms with Crippen LogP contribution in [-0.4, -0.2) is 68.6 Å². The number of piperazine rings is 1. The van der Waals surface area contributed by atoms with E-state index in [4.69, 9.17) is 9.97 Å². The molecule has 0 saturated carbocycles. The number of hydrogen-bond acceptors (Lipinski definition) is 8. The molecule has 3 aliphatic heterocycles. The summed E-state index contributed by atoms with van der Waals surface area (Å²) in [4.78, 5) is 23.2. The average molecular weight is 420 g/mol.